The summed E-state index contributed by atoms with van der Waals surface area (Å²) in [5, 5.41) is 14.3. The number of aliphatic hydroxyl groups is 1. The number of rotatable bonds is 6. The molecule has 17 heavy (non-hydrogen) atoms. The van der Waals surface area contributed by atoms with E-state index in [0.717, 1.165) is 30.2 Å². The molecule has 0 radical (unpaired) electrons. The number of aryl methyl sites for hydroxylation is 1. The Morgan fingerprint density at radius 2 is 1.94 bits per heavy atom. The van der Waals surface area contributed by atoms with Crippen LogP contribution in [0.25, 0.3) is 0 Å². The summed E-state index contributed by atoms with van der Waals surface area (Å²) in [7, 11) is 0. The van der Waals surface area contributed by atoms with Crippen molar-refractivity contribution in [2.75, 3.05) is 25.4 Å². The molecule has 98 valence electrons. The minimum absolute atomic E-state index is 0.410. The van der Waals surface area contributed by atoms with E-state index in [0.29, 0.717) is 13.1 Å². The number of hydrogen-bond donors (Lipinski definition) is 2. The van der Waals surface area contributed by atoms with Crippen molar-refractivity contribution in [3.8, 4) is 0 Å². The Kier molecular flexibility index (Phi) is 4.96. The van der Waals surface area contributed by atoms with E-state index < -0.39 is 6.10 Å². The molecule has 5 nitrogen and oxygen atoms in total. The van der Waals surface area contributed by atoms with Crippen LogP contribution in [-0.2, 0) is 6.54 Å². The lowest BCUT2D eigenvalue weighted by atomic mass is 10.3. The first-order valence-corrected chi connectivity index (χ1v) is 6.19. The van der Waals surface area contributed by atoms with Crippen molar-refractivity contribution in [3.63, 3.8) is 0 Å². The van der Waals surface area contributed by atoms with Gasteiger partial charge in [-0.1, -0.05) is 13.8 Å². The molecule has 1 atom stereocenters. The maximum absolute atomic E-state index is 10.0. The highest BCUT2D eigenvalue weighted by molar-refractivity contribution is 5.46. The fraction of sp³-hybridized carbons (Fsp3) is 0.750. The summed E-state index contributed by atoms with van der Waals surface area (Å²) in [6.07, 6.45) is -0.410. The summed E-state index contributed by atoms with van der Waals surface area (Å²) >= 11 is 0. The van der Waals surface area contributed by atoms with E-state index in [9.17, 15) is 5.11 Å². The number of anilines is 1. The van der Waals surface area contributed by atoms with Crippen LogP contribution in [0.15, 0.2) is 0 Å². The van der Waals surface area contributed by atoms with Gasteiger partial charge >= 0.3 is 0 Å². The van der Waals surface area contributed by atoms with E-state index in [2.05, 4.69) is 23.8 Å². The van der Waals surface area contributed by atoms with Crippen LogP contribution in [0.2, 0.25) is 0 Å². The summed E-state index contributed by atoms with van der Waals surface area (Å²) in [4.78, 5) is 2.19. The van der Waals surface area contributed by atoms with Crippen LogP contribution in [0.1, 0.15) is 25.2 Å². The molecule has 1 rings (SSSR count). The van der Waals surface area contributed by atoms with E-state index in [-0.39, 0.29) is 0 Å². The lowest BCUT2D eigenvalue weighted by molar-refractivity contribution is 0.0990. The molecule has 0 fully saturated rings. The Bertz CT molecular complexity index is 358. The quantitative estimate of drug-likeness (QED) is 0.771. The third-order valence-electron chi connectivity index (χ3n) is 3.18. The van der Waals surface area contributed by atoms with Crippen molar-refractivity contribution in [2.45, 2.75) is 40.3 Å². The molecule has 0 bridgehead atoms. The Morgan fingerprint density at radius 3 is 2.35 bits per heavy atom. The van der Waals surface area contributed by atoms with Gasteiger partial charge in [0.1, 0.15) is 0 Å². The second-order valence-electron chi connectivity index (χ2n) is 4.41. The second-order valence-corrected chi connectivity index (χ2v) is 4.41. The smallest absolute Gasteiger partial charge is 0.0862 e. The van der Waals surface area contributed by atoms with E-state index in [1.165, 1.54) is 0 Å². The van der Waals surface area contributed by atoms with Crippen LogP contribution in [-0.4, -0.2) is 45.5 Å². The molecule has 0 aromatic carbocycles. The monoisotopic (exact) mass is 240 g/mol. The average Bonchev–Trinajstić information content (AvgIpc) is 2.54. The Balaban J connectivity index is 2.61. The third kappa shape index (κ3) is 3.44. The molecule has 1 heterocycles. The first-order chi connectivity index (χ1) is 7.99. The van der Waals surface area contributed by atoms with Gasteiger partial charge in [-0.3, -0.25) is 4.68 Å². The van der Waals surface area contributed by atoms with Crippen molar-refractivity contribution in [1.82, 2.24) is 14.7 Å². The van der Waals surface area contributed by atoms with Gasteiger partial charge < -0.3 is 15.7 Å². The first kappa shape index (κ1) is 14.0. The zero-order valence-electron chi connectivity index (χ0n) is 11.3. The zero-order chi connectivity index (χ0) is 13.0. The van der Waals surface area contributed by atoms with Crippen LogP contribution in [0.3, 0.4) is 0 Å². The first-order valence-electron chi connectivity index (χ1n) is 6.19. The molecule has 1 aromatic heterocycles. The molecule has 0 spiro atoms. The zero-order valence-corrected chi connectivity index (χ0v) is 11.3. The molecule has 0 saturated heterocycles. The van der Waals surface area contributed by atoms with Gasteiger partial charge in [-0.2, -0.15) is 5.10 Å². The number of aromatic nitrogens is 2. The molecule has 0 aliphatic heterocycles. The molecular formula is C12H24N4O. The summed E-state index contributed by atoms with van der Waals surface area (Å²) in [5.74, 6) is 0. The Morgan fingerprint density at radius 1 is 1.35 bits per heavy atom. The van der Waals surface area contributed by atoms with E-state index in [4.69, 9.17) is 5.73 Å². The molecule has 1 unspecified atom stereocenters. The van der Waals surface area contributed by atoms with Gasteiger partial charge in [-0.15, -0.1) is 0 Å². The van der Waals surface area contributed by atoms with Gasteiger partial charge in [0.2, 0.25) is 0 Å². The normalized spacial score (nSPS) is 13.3. The predicted molar refractivity (Wildman–Crippen MR) is 69.9 cm³/mol. The number of nitrogens with zero attached hydrogens (tertiary/aromatic N) is 3. The number of nitrogens with two attached hydrogens (primary N) is 1. The van der Waals surface area contributed by atoms with Crippen LogP contribution in [0, 0.1) is 13.8 Å². The highest BCUT2D eigenvalue weighted by atomic mass is 16.3. The van der Waals surface area contributed by atoms with Crippen molar-refractivity contribution in [1.29, 1.82) is 0 Å². The summed E-state index contributed by atoms with van der Waals surface area (Å²) < 4.78 is 1.79. The molecular weight excluding hydrogens is 216 g/mol. The summed E-state index contributed by atoms with van der Waals surface area (Å²) in [5.41, 5.74) is 8.34. The van der Waals surface area contributed by atoms with Crippen LogP contribution in [0.5, 0.6) is 0 Å². The molecule has 0 aliphatic carbocycles. The van der Waals surface area contributed by atoms with Crippen molar-refractivity contribution in [2.24, 2.45) is 0 Å². The Labute approximate surface area is 103 Å². The van der Waals surface area contributed by atoms with Crippen molar-refractivity contribution < 1.29 is 5.11 Å². The fourth-order valence-electron chi connectivity index (χ4n) is 1.93. The molecule has 0 amide bonds. The standard InChI is InChI=1S/C12H24N4O/c1-5-15(6-2)7-11(17)8-16-10(4)12(13)9(3)14-16/h11,17H,5-8,13H2,1-4H3. The number of nitrogen functional groups attached to an aromatic ring is 1. The molecule has 0 saturated carbocycles. The molecule has 1 aromatic rings. The van der Waals surface area contributed by atoms with E-state index >= 15 is 0 Å². The molecule has 0 aliphatic rings. The van der Waals surface area contributed by atoms with Gasteiger partial charge in [0.15, 0.2) is 0 Å². The van der Waals surface area contributed by atoms with Crippen LogP contribution >= 0.6 is 0 Å². The number of aliphatic hydroxyl groups excluding tert-OH is 1. The minimum atomic E-state index is -0.410. The highest BCUT2D eigenvalue weighted by Crippen LogP contribution is 2.15. The van der Waals surface area contributed by atoms with Gasteiger partial charge in [0, 0.05) is 6.54 Å². The third-order valence-corrected chi connectivity index (χ3v) is 3.18. The van der Waals surface area contributed by atoms with Gasteiger partial charge in [-0.05, 0) is 26.9 Å². The number of likely N-dealkylation sites (N-methyl/N-ethyl adjacent to an activating group) is 1. The van der Waals surface area contributed by atoms with Crippen LogP contribution in [0.4, 0.5) is 5.69 Å². The topological polar surface area (TPSA) is 67.3 Å². The second kappa shape index (κ2) is 6.02. The maximum Gasteiger partial charge on any atom is 0.0862 e. The lowest BCUT2D eigenvalue weighted by Gasteiger charge is -2.22. The lowest BCUT2D eigenvalue weighted by Crippen LogP contribution is -2.34. The van der Waals surface area contributed by atoms with Gasteiger partial charge in [0.05, 0.1) is 29.7 Å². The highest BCUT2D eigenvalue weighted by Gasteiger charge is 2.14. The van der Waals surface area contributed by atoms with Crippen molar-refractivity contribution >= 4 is 5.69 Å². The fourth-order valence-corrected chi connectivity index (χ4v) is 1.93. The van der Waals surface area contributed by atoms with E-state index in [1.807, 2.05) is 13.8 Å². The van der Waals surface area contributed by atoms with Gasteiger partial charge in [-0.25, -0.2) is 0 Å². The maximum atomic E-state index is 10.0. The molecule has 5 heteroatoms. The minimum Gasteiger partial charge on any atom is -0.396 e. The largest absolute Gasteiger partial charge is 0.396 e. The SMILES string of the molecule is CCN(CC)CC(O)Cn1nc(C)c(N)c1C. The Hall–Kier alpha value is -1.07. The predicted octanol–water partition coefficient (Wildman–Crippen LogP) is 0.785. The van der Waals surface area contributed by atoms with E-state index in [1.54, 1.807) is 4.68 Å². The molecule has 3 N–H and O–H groups in total. The average molecular weight is 240 g/mol. The van der Waals surface area contributed by atoms with Gasteiger partial charge in [0.25, 0.3) is 0 Å². The number of hydrogen-bond acceptors (Lipinski definition) is 4. The summed E-state index contributed by atoms with van der Waals surface area (Å²) in [6.45, 7) is 11.1. The summed E-state index contributed by atoms with van der Waals surface area (Å²) in [6, 6.07) is 0. The van der Waals surface area contributed by atoms with Crippen LogP contribution < -0.4 is 5.73 Å². The van der Waals surface area contributed by atoms with Crippen molar-refractivity contribution in [3.05, 3.63) is 11.4 Å².